The van der Waals surface area contributed by atoms with Crippen molar-refractivity contribution < 1.29 is 9.18 Å². The van der Waals surface area contributed by atoms with Crippen molar-refractivity contribution in [3.63, 3.8) is 0 Å². The largest absolute Gasteiger partial charge is 0.294 e. The summed E-state index contributed by atoms with van der Waals surface area (Å²) in [5, 5.41) is 0.642. The molecule has 1 nitrogen and oxygen atoms in total. The summed E-state index contributed by atoms with van der Waals surface area (Å²) in [5.74, 6) is -0.389. The first-order valence-corrected chi connectivity index (χ1v) is 6.18. The Morgan fingerprint density at radius 2 is 1.63 bits per heavy atom. The molecule has 0 unspecified atom stereocenters. The van der Waals surface area contributed by atoms with Crippen molar-refractivity contribution in [1.29, 1.82) is 0 Å². The lowest BCUT2D eigenvalue weighted by atomic mass is 10.00. The molecule has 96 valence electrons. The first-order valence-electron chi connectivity index (χ1n) is 5.80. The van der Waals surface area contributed by atoms with Crippen LogP contribution in [-0.4, -0.2) is 5.78 Å². The fourth-order valence-corrected chi connectivity index (χ4v) is 1.87. The van der Waals surface area contributed by atoms with Gasteiger partial charge in [0.15, 0.2) is 5.78 Å². The van der Waals surface area contributed by atoms with Gasteiger partial charge in [0.2, 0.25) is 0 Å². The topological polar surface area (TPSA) is 17.1 Å². The van der Waals surface area contributed by atoms with Gasteiger partial charge in [-0.05, 0) is 48.4 Å². The van der Waals surface area contributed by atoms with E-state index >= 15 is 0 Å². The molecule has 0 spiro atoms. The minimum atomic E-state index is -0.321. The molecular formula is C16H12ClFO. The highest BCUT2D eigenvalue weighted by molar-refractivity contribution is 6.30. The van der Waals surface area contributed by atoms with Gasteiger partial charge in [-0.25, -0.2) is 4.39 Å². The van der Waals surface area contributed by atoms with Gasteiger partial charge in [0.1, 0.15) is 5.82 Å². The van der Waals surface area contributed by atoms with Crippen LogP contribution in [0.25, 0.3) is 11.6 Å². The Labute approximate surface area is 116 Å². The third kappa shape index (κ3) is 3.52. The first-order chi connectivity index (χ1) is 9.06. The van der Waals surface area contributed by atoms with E-state index in [0.717, 1.165) is 5.56 Å². The van der Waals surface area contributed by atoms with E-state index in [2.05, 4.69) is 0 Å². The van der Waals surface area contributed by atoms with E-state index in [1.54, 1.807) is 30.3 Å². The monoisotopic (exact) mass is 274 g/mol. The van der Waals surface area contributed by atoms with Crippen molar-refractivity contribution in [2.75, 3.05) is 0 Å². The summed E-state index contributed by atoms with van der Waals surface area (Å²) in [6, 6.07) is 13.0. The molecule has 0 aliphatic heterocycles. The van der Waals surface area contributed by atoms with Crippen molar-refractivity contribution in [1.82, 2.24) is 0 Å². The summed E-state index contributed by atoms with van der Waals surface area (Å²) < 4.78 is 12.9. The van der Waals surface area contributed by atoms with Crippen molar-refractivity contribution in [3.8, 4) is 0 Å². The average molecular weight is 275 g/mol. The fourth-order valence-electron chi connectivity index (χ4n) is 1.74. The summed E-state index contributed by atoms with van der Waals surface area (Å²) in [6.07, 6.45) is 1.77. The fraction of sp³-hybridized carbons (Fsp3) is 0.0625. The Morgan fingerprint density at radius 1 is 1.05 bits per heavy atom. The molecular weight excluding hydrogens is 263 g/mol. The summed E-state index contributed by atoms with van der Waals surface area (Å²) in [7, 11) is 0. The highest BCUT2D eigenvalue weighted by Crippen LogP contribution is 2.20. The maximum Gasteiger partial charge on any atom is 0.160 e. The molecule has 0 radical (unpaired) electrons. The minimum absolute atomic E-state index is 0.0680. The zero-order valence-corrected chi connectivity index (χ0v) is 11.1. The predicted molar refractivity (Wildman–Crippen MR) is 76.4 cm³/mol. The van der Waals surface area contributed by atoms with E-state index in [0.29, 0.717) is 16.2 Å². The molecule has 0 saturated carbocycles. The molecule has 0 aliphatic carbocycles. The van der Waals surface area contributed by atoms with Gasteiger partial charge in [-0.3, -0.25) is 4.79 Å². The van der Waals surface area contributed by atoms with Crippen molar-refractivity contribution in [2.45, 2.75) is 6.92 Å². The van der Waals surface area contributed by atoms with Gasteiger partial charge in [0.05, 0.1) is 0 Å². The lowest BCUT2D eigenvalue weighted by molar-refractivity contribution is -0.111. The van der Waals surface area contributed by atoms with Crippen molar-refractivity contribution in [2.24, 2.45) is 0 Å². The summed E-state index contributed by atoms with van der Waals surface area (Å²) >= 11 is 5.82. The highest BCUT2D eigenvalue weighted by atomic mass is 35.5. The molecule has 0 bridgehead atoms. The van der Waals surface area contributed by atoms with E-state index in [1.807, 2.05) is 12.1 Å². The maximum absolute atomic E-state index is 12.9. The zero-order valence-electron chi connectivity index (χ0n) is 10.4. The number of hydrogen-bond donors (Lipinski definition) is 0. The standard InChI is InChI=1S/C16H12ClFO/c1-11(19)16(13-4-8-15(18)9-5-13)10-12-2-6-14(17)7-3-12/h2-10H,1H3/b16-10-. The van der Waals surface area contributed by atoms with Gasteiger partial charge in [-0.1, -0.05) is 35.9 Å². The van der Waals surface area contributed by atoms with Gasteiger partial charge in [-0.2, -0.15) is 0 Å². The average Bonchev–Trinajstić information content (AvgIpc) is 2.39. The van der Waals surface area contributed by atoms with Crippen LogP contribution in [0.4, 0.5) is 4.39 Å². The Morgan fingerprint density at radius 3 is 2.16 bits per heavy atom. The van der Waals surface area contributed by atoms with Crippen LogP contribution >= 0.6 is 11.6 Å². The number of hydrogen-bond acceptors (Lipinski definition) is 1. The van der Waals surface area contributed by atoms with Gasteiger partial charge < -0.3 is 0 Å². The molecule has 0 atom stereocenters. The minimum Gasteiger partial charge on any atom is -0.294 e. The first kappa shape index (κ1) is 13.5. The SMILES string of the molecule is CC(=O)/C(=C/c1ccc(Cl)cc1)c1ccc(F)cc1. The second kappa shape index (κ2) is 5.81. The van der Waals surface area contributed by atoms with E-state index in [-0.39, 0.29) is 11.6 Å². The lowest BCUT2D eigenvalue weighted by Gasteiger charge is -2.04. The van der Waals surface area contributed by atoms with Crippen LogP contribution in [-0.2, 0) is 4.79 Å². The van der Waals surface area contributed by atoms with Gasteiger partial charge in [0.25, 0.3) is 0 Å². The molecule has 0 N–H and O–H groups in total. The quantitative estimate of drug-likeness (QED) is 0.590. The second-order valence-corrected chi connectivity index (χ2v) is 4.61. The molecule has 2 rings (SSSR count). The van der Waals surface area contributed by atoms with Gasteiger partial charge in [-0.15, -0.1) is 0 Å². The maximum atomic E-state index is 12.9. The summed E-state index contributed by atoms with van der Waals surface area (Å²) in [4.78, 5) is 11.7. The molecule has 0 saturated heterocycles. The van der Waals surface area contributed by atoms with Crippen molar-refractivity contribution >= 4 is 29.0 Å². The Hall–Kier alpha value is -1.93. The molecule has 2 aromatic rings. The van der Waals surface area contributed by atoms with E-state index in [9.17, 15) is 9.18 Å². The smallest absolute Gasteiger partial charge is 0.160 e. The molecule has 0 fully saturated rings. The molecule has 2 aromatic carbocycles. The number of carbonyl (C=O) groups excluding carboxylic acids is 1. The number of benzene rings is 2. The van der Waals surface area contributed by atoms with E-state index < -0.39 is 0 Å². The van der Waals surface area contributed by atoms with Crippen LogP contribution in [0.5, 0.6) is 0 Å². The molecule has 19 heavy (non-hydrogen) atoms. The van der Waals surface area contributed by atoms with Crippen LogP contribution in [0.2, 0.25) is 5.02 Å². The van der Waals surface area contributed by atoms with Gasteiger partial charge >= 0.3 is 0 Å². The lowest BCUT2D eigenvalue weighted by Crippen LogP contribution is -1.96. The summed E-state index contributed by atoms with van der Waals surface area (Å²) in [5.41, 5.74) is 2.12. The van der Waals surface area contributed by atoms with E-state index in [1.165, 1.54) is 19.1 Å². The molecule has 0 aromatic heterocycles. The Kier molecular flexibility index (Phi) is 4.13. The Balaban J connectivity index is 2.43. The zero-order chi connectivity index (χ0) is 13.8. The predicted octanol–water partition coefficient (Wildman–Crippen LogP) is 4.61. The van der Waals surface area contributed by atoms with Crippen LogP contribution < -0.4 is 0 Å². The number of ketones is 1. The van der Waals surface area contributed by atoms with Crippen LogP contribution in [0.3, 0.4) is 0 Å². The van der Waals surface area contributed by atoms with Gasteiger partial charge in [0, 0.05) is 10.6 Å². The van der Waals surface area contributed by atoms with Crippen LogP contribution in [0.15, 0.2) is 48.5 Å². The Bertz CT molecular complexity index is 612. The molecule has 0 heterocycles. The van der Waals surface area contributed by atoms with Crippen molar-refractivity contribution in [3.05, 3.63) is 70.5 Å². The molecule has 0 aliphatic rings. The number of halogens is 2. The molecule has 3 heteroatoms. The van der Waals surface area contributed by atoms with Crippen LogP contribution in [0.1, 0.15) is 18.1 Å². The number of carbonyl (C=O) groups is 1. The third-order valence-electron chi connectivity index (χ3n) is 2.72. The second-order valence-electron chi connectivity index (χ2n) is 4.17. The van der Waals surface area contributed by atoms with Crippen LogP contribution in [0, 0.1) is 5.82 Å². The normalized spacial score (nSPS) is 11.4. The molecule has 0 amide bonds. The van der Waals surface area contributed by atoms with E-state index in [4.69, 9.17) is 11.6 Å². The summed E-state index contributed by atoms with van der Waals surface area (Å²) in [6.45, 7) is 1.49. The highest BCUT2D eigenvalue weighted by Gasteiger charge is 2.07. The number of Topliss-reactive ketones (excluding diaryl/α,β-unsaturated/α-hetero) is 1. The number of rotatable bonds is 3. The number of allylic oxidation sites excluding steroid dienone is 1. The third-order valence-corrected chi connectivity index (χ3v) is 2.97.